The Balaban J connectivity index is 1.85. The molecule has 0 aromatic carbocycles. The maximum atomic E-state index is 17.3. The summed E-state index contributed by atoms with van der Waals surface area (Å²) >= 11 is 0.858. The van der Waals surface area contributed by atoms with Gasteiger partial charge in [0.15, 0.2) is 17.1 Å². The first-order valence-electron chi connectivity index (χ1n) is 12.3. The highest BCUT2D eigenvalue weighted by Gasteiger charge is 2.78. The molecule has 9 atom stereocenters. The molecular formula is C26H34F2O6S. The summed E-state index contributed by atoms with van der Waals surface area (Å²) in [6, 6.07) is 0. The van der Waals surface area contributed by atoms with E-state index < -0.39 is 69.0 Å². The van der Waals surface area contributed by atoms with Crippen molar-refractivity contribution in [2.45, 2.75) is 76.9 Å². The normalized spacial score (nSPS) is 46.3. The number of thioether (sulfide) groups is 1. The molecule has 2 N–H and O–H groups in total. The summed E-state index contributed by atoms with van der Waals surface area (Å²) < 4.78 is 38.8. The van der Waals surface area contributed by atoms with Crippen molar-refractivity contribution in [1.29, 1.82) is 0 Å². The Bertz CT molecular complexity index is 998. The zero-order valence-electron chi connectivity index (χ0n) is 20.6. The second kappa shape index (κ2) is 8.77. The minimum Gasteiger partial charge on any atom is -0.449 e. The molecule has 0 aliphatic heterocycles. The monoisotopic (exact) mass is 512 g/mol. The van der Waals surface area contributed by atoms with Crippen LogP contribution in [0.3, 0.4) is 0 Å². The van der Waals surface area contributed by atoms with E-state index in [0.29, 0.717) is 6.42 Å². The maximum Gasteiger partial charge on any atom is 0.306 e. The van der Waals surface area contributed by atoms with E-state index in [0.717, 1.165) is 17.8 Å². The van der Waals surface area contributed by atoms with Crippen molar-refractivity contribution in [3.8, 4) is 0 Å². The van der Waals surface area contributed by atoms with Gasteiger partial charge >= 0.3 is 5.97 Å². The van der Waals surface area contributed by atoms with Crippen molar-refractivity contribution in [3.05, 3.63) is 23.8 Å². The molecule has 0 heterocycles. The van der Waals surface area contributed by atoms with E-state index in [1.165, 1.54) is 19.1 Å². The van der Waals surface area contributed by atoms with Gasteiger partial charge in [0.05, 0.1) is 12.7 Å². The molecule has 3 fully saturated rings. The molecule has 194 valence electrons. The average molecular weight is 513 g/mol. The molecule has 4 aliphatic carbocycles. The number of allylic oxidation sites excluding steroid dienone is 4. The number of hydrogen-bond acceptors (Lipinski definition) is 7. The molecule has 0 radical (unpaired) electrons. The van der Waals surface area contributed by atoms with Gasteiger partial charge in [-0.05, 0) is 49.8 Å². The Hall–Kier alpha value is -1.58. The second-order valence-corrected chi connectivity index (χ2v) is 12.0. The van der Waals surface area contributed by atoms with Gasteiger partial charge in [-0.1, -0.05) is 38.6 Å². The molecule has 3 saturated carbocycles. The van der Waals surface area contributed by atoms with Crippen molar-refractivity contribution in [2.75, 3.05) is 12.4 Å². The second-order valence-electron chi connectivity index (χ2n) is 10.9. The van der Waals surface area contributed by atoms with E-state index in [4.69, 9.17) is 4.74 Å². The summed E-state index contributed by atoms with van der Waals surface area (Å²) in [5.41, 5.74) is -6.55. The first-order valence-corrected chi connectivity index (χ1v) is 13.3. The van der Waals surface area contributed by atoms with Crippen LogP contribution in [0.15, 0.2) is 23.8 Å². The number of carbonyl (C=O) groups excluding carboxylic acids is 3. The summed E-state index contributed by atoms with van der Waals surface area (Å²) in [5, 5.41) is 20.3. The zero-order chi connectivity index (χ0) is 26.0. The van der Waals surface area contributed by atoms with Crippen LogP contribution in [0.25, 0.3) is 0 Å². The summed E-state index contributed by atoms with van der Waals surface area (Å²) in [7, 11) is 0. The van der Waals surface area contributed by atoms with Gasteiger partial charge in [-0.25, -0.2) is 8.78 Å². The van der Waals surface area contributed by atoms with Crippen molar-refractivity contribution < 1.29 is 38.1 Å². The Labute approximate surface area is 208 Å². The lowest BCUT2D eigenvalue weighted by molar-refractivity contribution is -0.228. The first-order chi connectivity index (χ1) is 16.3. The van der Waals surface area contributed by atoms with Gasteiger partial charge < -0.3 is 14.9 Å². The highest BCUT2D eigenvalue weighted by atomic mass is 32.2. The number of esters is 1. The van der Waals surface area contributed by atoms with E-state index in [2.05, 4.69) is 0 Å². The number of hydrogen-bond donors (Lipinski definition) is 2. The van der Waals surface area contributed by atoms with Gasteiger partial charge in [0.2, 0.25) is 5.12 Å². The topological polar surface area (TPSA) is 101 Å². The number of aliphatic hydroxyl groups is 2. The number of aliphatic hydroxyl groups excluding tert-OH is 2. The van der Waals surface area contributed by atoms with Crippen LogP contribution < -0.4 is 0 Å². The zero-order valence-corrected chi connectivity index (χ0v) is 21.4. The molecular weight excluding hydrogens is 478 g/mol. The molecule has 0 saturated heterocycles. The largest absolute Gasteiger partial charge is 0.449 e. The lowest BCUT2D eigenvalue weighted by Gasteiger charge is -2.63. The molecule has 35 heavy (non-hydrogen) atoms. The van der Waals surface area contributed by atoms with E-state index >= 15 is 8.78 Å². The fourth-order valence-electron chi connectivity index (χ4n) is 7.72. The molecule has 2 unspecified atom stereocenters. The van der Waals surface area contributed by atoms with Crippen LogP contribution in [0.1, 0.15) is 53.4 Å². The van der Waals surface area contributed by atoms with Gasteiger partial charge in [0, 0.05) is 34.8 Å². The van der Waals surface area contributed by atoms with E-state index in [-0.39, 0.29) is 37.2 Å². The molecule has 9 heteroatoms. The van der Waals surface area contributed by atoms with Crippen LogP contribution in [-0.4, -0.2) is 63.0 Å². The first kappa shape index (κ1) is 26.5. The van der Waals surface area contributed by atoms with E-state index in [9.17, 15) is 24.6 Å². The van der Waals surface area contributed by atoms with Gasteiger partial charge in [0.25, 0.3) is 0 Å². The van der Waals surface area contributed by atoms with Crippen molar-refractivity contribution in [2.24, 2.45) is 28.6 Å². The SMILES string of the molecule is CCC(=O)O[C@]1(C(=O)SCCO)[C@H](C)CC2C3C[C@H](F)C4=CC(=O)C=C[C@]4(C)[C@@]3(F)[C@@H](O)C[C@@]21C. The third-order valence-electron chi connectivity index (χ3n) is 9.36. The molecule has 0 amide bonds. The number of carbonyl (C=O) groups is 3. The highest BCUT2D eigenvalue weighted by molar-refractivity contribution is 8.13. The smallest absolute Gasteiger partial charge is 0.306 e. The van der Waals surface area contributed by atoms with Crippen LogP contribution in [-0.2, 0) is 19.1 Å². The van der Waals surface area contributed by atoms with Crippen LogP contribution in [0, 0.1) is 28.6 Å². The molecule has 0 aromatic rings. The van der Waals surface area contributed by atoms with Crippen molar-refractivity contribution >= 4 is 28.6 Å². The van der Waals surface area contributed by atoms with Gasteiger partial charge in [-0.2, -0.15) is 0 Å². The van der Waals surface area contributed by atoms with Gasteiger partial charge in [-0.3, -0.25) is 14.4 Å². The lowest BCUT2D eigenvalue weighted by atomic mass is 9.44. The molecule has 4 rings (SSSR count). The molecule has 4 aliphatic rings. The predicted molar refractivity (Wildman–Crippen MR) is 127 cm³/mol. The van der Waals surface area contributed by atoms with Crippen LogP contribution >= 0.6 is 11.8 Å². The molecule has 0 spiro atoms. The maximum absolute atomic E-state index is 17.3. The predicted octanol–water partition coefficient (Wildman–Crippen LogP) is 3.50. The third kappa shape index (κ3) is 3.37. The Morgan fingerprint density at radius 3 is 2.57 bits per heavy atom. The number of fused-ring (bicyclic) bond motifs is 5. The van der Waals surface area contributed by atoms with E-state index in [1.807, 2.05) is 0 Å². The third-order valence-corrected chi connectivity index (χ3v) is 10.3. The minimum absolute atomic E-state index is 0.0315. The number of ketones is 1. The minimum atomic E-state index is -2.27. The quantitative estimate of drug-likeness (QED) is 0.544. The number of alkyl halides is 2. The summed E-state index contributed by atoms with van der Waals surface area (Å²) in [5.74, 6) is -2.92. The molecule has 0 bridgehead atoms. The van der Waals surface area contributed by atoms with E-state index in [1.54, 1.807) is 20.8 Å². The Kier molecular flexibility index (Phi) is 6.63. The molecule has 0 aromatic heterocycles. The number of halogens is 2. The Morgan fingerprint density at radius 1 is 1.26 bits per heavy atom. The van der Waals surface area contributed by atoms with Crippen LogP contribution in [0.5, 0.6) is 0 Å². The summed E-state index contributed by atoms with van der Waals surface area (Å²) in [6.07, 6.45) is 0.505. The average Bonchev–Trinajstić information content (AvgIpc) is 3.02. The standard InChI is InChI=1S/C26H34F2O6S/c1-5-21(32)34-26(22(33)35-9-8-29)14(2)10-16-17-12-19(27)18-11-15(30)6-7-23(18,3)25(17,28)20(31)13-24(16,26)4/h6-7,11,14,16-17,19-20,29,31H,5,8-10,12-13H2,1-4H3/t14-,16?,17?,19+,20+,23+,24+,25+,26+/m1/s1. The van der Waals surface area contributed by atoms with Gasteiger partial charge in [-0.15, -0.1) is 0 Å². The lowest BCUT2D eigenvalue weighted by Crippen LogP contribution is -2.70. The fourth-order valence-corrected chi connectivity index (χ4v) is 8.68. The Morgan fingerprint density at radius 2 is 1.94 bits per heavy atom. The number of ether oxygens (including phenoxy) is 1. The number of rotatable bonds is 5. The molecule has 6 nitrogen and oxygen atoms in total. The van der Waals surface area contributed by atoms with Crippen LogP contribution in [0.2, 0.25) is 0 Å². The van der Waals surface area contributed by atoms with Crippen LogP contribution in [0.4, 0.5) is 8.78 Å². The van der Waals surface area contributed by atoms with Gasteiger partial charge in [0.1, 0.15) is 6.17 Å². The summed E-state index contributed by atoms with van der Waals surface area (Å²) in [6.45, 7) is 6.41. The van der Waals surface area contributed by atoms with Crippen molar-refractivity contribution in [1.82, 2.24) is 0 Å². The summed E-state index contributed by atoms with van der Waals surface area (Å²) in [4.78, 5) is 38.2. The highest BCUT2D eigenvalue weighted by Crippen LogP contribution is 2.72. The fraction of sp³-hybridized carbons (Fsp3) is 0.731. The van der Waals surface area contributed by atoms with Crippen molar-refractivity contribution in [3.63, 3.8) is 0 Å².